The van der Waals surface area contributed by atoms with Crippen molar-refractivity contribution in [2.75, 3.05) is 13.1 Å². The van der Waals surface area contributed by atoms with Crippen LogP contribution in [0, 0.1) is 0 Å². The molecule has 1 amide bonds. The lowest BCUT2D eigenvalue weighted by molar-refractivity contribution is 0.0989. The molecule has 24 heavy (non-hydrogen) atoms. The first-order chi connectivity index (χ1) is 11.7. The Morgan fingerprint density at radius 3 is 3.04 bits per heavy atom. The maximum Gasteiger partial charge on any atom is 0.288 e. The van der Waals surface area contributed by atoms with Gasteiger partial charge < -0.3 is 10.7 Å². The van der Waals surface area contributed by atoms with Crippen molar-refractivity contribution < 1.29 is 4.79 Å². The number of aromatic amines is 1. The number of aromatic nitrogens is 5. The summed E-state index contributed by atoms with van der Waals surface area (Å²) in [4.78, 5) is 25.5. The molecule has 1 atom stereocenters. The van der Waals surface area contributed by atoms with Gasteiger partial charge in [0.2, 0.25) is 5.82 Å². The molecule has 124 valence electrons. The highest BCUT2D eigenvalue weighted by atomic mass is 16.1. The minimum atomic E-state index is -0.594. The van der Waals surface area contributed by atoms with Gasteiger partial charge in [-0.1, -0.05) is 12.1 Å². The number of piperidine rings is 1. The molecule has 0 unspecified atom stereocenters. The van der Waals surface area contributed by atoms with E-state index in [0.717, 1.165) is 49.3 Å². The van der Waals surface area contributed by atoms with E-state index in [-0.39, 0.29) is 11.9 Å². The van der Waals surface area contributed by atoms with E-state index in [1.54, 1.807) is 11.0 Å². The quantitative estimate of drug-likeness (QED) is 0.747. The molecule has 0 bridgehead atoms. The highest BCUT2D eigenvalue weighted by Gasteiger charge is 2.23. The van der Waals surface area contributed by atoms with Crippen LogP contribution in [0.1, 0.15) is 35.3 Å². The van der Waals surface area contributed by atoms with Gasteiger partial charge in [0.05, 0.1) is 23.6 Å². The lowest BCUT2D eigenvalue weighted by atomic mass is 10.1. The highest BCUT2D eigenvalue weighted by molar-refractivity contribution is 5.88. The number of carbonyl (C=O) groups is 1. The second-order valence-corrected chi connectivity index (χ2v) is 6.14. The van der Waals surface area contributed by atoms with E-state index in [2.05, 4.69) is 25.0 Å². The summed E-state index contributed by atoms with van der Waals surface area (Å²) in [5.41, 5.74) is 7.27. The van der Waals surface area contributed by atoms with Crippen LogP contribution in [0.2, 0.25) is 0 Å². The van der Waals surface area contributed by atoms with Crippen LogP contribution in [0.5, 0.6) is 0 Å². The molecule has 0 aliphatic carbocycles. The van der Waals surface area contributed by atoms with Crippen LogP contribution >= 0.6 is 0 Å². The number of nitrogens with zero attached hydrogens (tertiary/aromatic N) is 5. The number of hydrogen-bond donors (Lipinski definition) is 2. The zero-order chi connectivity index (χ0) is 16.5. The zero-order valence-corrected chi connectivity index (χ0v) is 13.2. The number of benzene rings is 1. The largest absolute Gasteiger partial charge is 0.363 e. The van der Waals surface area contributed by atoms with E-state index in [1.165, 1.54) is 0 Å². The van der Waals surface area contributed by atoms with E-state index in [1.807, 2.05) is 24.3 Å². The molecular formula is C16H19N7O. The summed E-state index contributed by atoms with van der Waals surface area (Å²) in [6.07, 6.45) is 3.67. The maximum atomic E-state index is 11.1. The highest BCUT2D eigenvalue weighted by Crippen LogP contribution is 2.22. The molecule has 3 aromatic rings. The number of imidazole rings is 1. The fourth-order valence-electron chi connectivity index (χ4n) is 3.25. The van der Waals surface area contributed by atoms with Gasteiger partial charge in [-0.05, 0) is 31.5 Å². The average molecular weight is 325 g/mol. The van der Waals surface area contributed by atoms with Gasteiger partial charge in [0.1, 0.15) is 12.2 Å². The molecule has 2 aromatic heterocycles. The minimum Gasteiger partial charge on any atom is -0.363 e. The van der Waals surface area contributed by atoms with Gasteiger partial charge in [-0.3, -0.25) is 9.69 Å². The van der Waals surface area contributed by atoms with Gasteiger partial charge >= 0.3 is 0 Å². The van der Waals surface area contributed by atoms with Gasteiger partial charge in [0.15, 0.2) is 0 Å². The number of fused-ring (bicyclic) bond motifs is 1. The zero-order valence-electron chi connectivity index (χ0n) is 13.2. The summed E-state index contributed by atoms with van der Waals surface area (Å²) in [5.74, 6) is 0.446. The molecular weight excluding hydrogens is 306 g/mol. The Labute approximate surface area is 138 Å². The molecule has 0 radical (unpaired) electrons. The number of hydrogen-bond acceptors (Lipinski definition) is 5. The Balaban J connectivity index is 1.47. The van der Waals surface area contributed by atoms with Crippen LogP contribution in [-0.4, -0.2) is 48.6 Å². The lowest BCUT2D eigenvalue weighted by Gasteiger charge is -2.31. The topological polar surface area (TPSA) is 106 Å². The molecule has 1 aromatic carbocycles. The second-order valence-electron chi connectivity index (χ2n) is 6.14. The third kappa shape index (κ3) is 2.88. The van der Waals surface area contributed by atoms with Gasteiger partial charge in [-0.2, -0.15) is 0 Å². The number of likely N-dealkylation sites (tertiary alicyclic amines) is 1. The van der Waals surface area contributed by atoms with Gasteiger partial charge in [-0.15, -0.1) is 5.10 Å². The Kier molecular flexibility index (Phi) is 3.73. The number of amides is 1. The summed E-state index contributed by atoms with van der Waals surface area (Å²) < 4.78 is 1.75. The molecule has 0 spiro atoms. The SMILES string of the molecule is NC(=O)c1ncn([C@@H]2CCCN(Cc3nc4ccccc4[nH]3)C2)n1. The van der Waals surface area contributed by atoms with Crippen molar-refractivity contribution >= 4 is 16.9 Å². The Bertz CT molecular complexity index is 835. The van der Waals surface area contributed by atoms with E-state index >= 15 is 0 Å². The summed E-state index contributed by atoms with van der Waals surface area (Å²) in [5, 5.41) is 4.19. The van der Waals surface area contributed by atoms with Crippen LogP contribution in [0.15, 0.2) is 30.6 Å². The summed E-state index contributed by atoms with van der Waals surface area (Å²) >= 11 is 0. The summed E-state index contributed by atoms with van der Waals surface area (Å²) in [6.45, 7) is 2.63. The number of primary amides is 1. The van der Waals surface area contributed by atoms with Crippen molar-refractivity contribution in [2.24, 2.45) is 5.73 Å². The fraction of sp³-hybridized carbons (Fsp3) is 0.375. The Morgan fingerprint density at radius 1 is 1.38 bits per heavy atom. The molecule has 1 aliphatic rings. The molecule has 4 rings (SSSR count). The Hall–Kier alpha value is -2.74. The van der Waals surface area contributed by atoms with Crippen molar-refractivity contribution in [3.05, 3.63) is 42.2 Å². The smallest absolute Gasteiger partial charge is 0.288 e. The lowest BCUT2D eigenvalue weighted by Crippen LogP contribution is -2.36. The normalized spacial score (nSPS) is 18.9. The van der Waals surface area contributed by atoms with Crippen LogP contribution in [0.25, 0.3) is 11.0 Å². The van der Waals surface area contributed by atoms with Gasteiger partial charge in [0.25, 0.3) is 5.91 Å². The predicted molar refractivity (Wildman–Crippen MR) is 88.2 cm³/mol. The fourth-order valence-corrected chi connectivity index (χ4v) is 3.25. The van der Waals surface area contributed by atoms with Crippen molar-refractivity contribution in [3.8, 4) is 0 Å². The molecule has 8 heteroatoms. The number of H-pyrrole nitrogens is 1. The van der Waals surface area contributed by atoms with E-state index in [9.17, 15) is 4.79 Å². The third-order valence-electron chi connectivity index (χ3n) is 4.40. The first-order valence-corrected chi connectivity index (χ1v) is 8.06. The summed E-state index contributed by atoms with van der Waals surface area (Å²) in [7, 11) is 0. The number of rotatable bonds is 4. The maximum absolute atomic E-state index is 11.1. The van der Waals surface area contributed by atoms with E-state index in [4.69, 9.17) is 5.73 Å². The molecule has 1 saturated heterocycles. The average Bonchev–Trinajstić information content (AvgIpc) is 3.21. The molecule has 0 saturated carbocycles. The number of carbonyl (C=O) groups excluding carboxylic acids is 1. The van der Waals surface area contributed by atoms with Crippen LogP contribution in [0.3, 0.4) is 0 Å². The molecule has 3 heterocycles. The first-order valence-electron chi connectivity index (χ1n) is 8.06. The molecule has 1 fully saturated rings. The molecule has 3 N–H and O–H groups in total. The number of para-hydroxylation sites is 2. The standard InChI is InChI=1S/C16H19N7O/c17-15(24)16-18-10-23(21-16)11-4-3-7-22(8-11)9-14-19-12-5-1-2-6-13(12)20-14/h1-2,5-6,10-11H,3-4,7-9H2,(H2,17,24)(H,19,20)/t11-/m1/s1. The van der Waals surface area contributed by atoms with Crippen LogP contribution in [-0.2, 0) is 6.54 Å². The minimum absolute atomic E-state index is 0.0735. The second kappa shape index (κ2) is 6.04. The van der Waals surface area contributed by atoms with Crippen LogP contribution in [0.4, 0.5) is 0 Å². The number of nitrogens with two attached hydrogens (primary N) is 1. The summed E-state index contributed by atoms with van der Waals surface area (Å²) in [6, 6.07) is 8.23. The first kappa shape index (κ1) is 14.8. The molecule has 1 aliphatic heterocycles. The van der Waals surface area contributed by atoms with Gasteiger partial charge in [-0.25, -0.2) is 14.6 Å². The van der Waals surface area contributed by atoms with Gasteiger partial charge in [0, 0.05) is 6.54 Å². The monoisotopic (exact) mass is 325 g/mol. The number of nitrogens with one attached hydrogen (secondary N) is 1. The third-order valence-corrected chi connectivity index (χ3v) is 4.40. The van der Waals surface area contributed by atoms with Crippen molar-refractivity contribution in [1.82, 2.24) is 29.6 Å². The Morgan fingerprint density at radius 2 is 2.25 bits per heavy atom. The van der Waals surface area contributed by atoms with E-state index in [0.29, 0.717) is 0 Å². The predicted octanol–water partition coefficient (Wildman–Crippen LogP) is 1.09. The van der Waals surface area contributed by atoms with Crippen molar-refractivity contribution in [1.29, 1.82) is 0 Å². The van der Waals surface area contributed by atoms with Crippen LogP contribution < -0.4 is 5.73 Å². The molecule has 8 nitrogen and oxygen atoms in total. The van der Waals surface area contributed by atoms with E-state index < -0.39 is 5.91 Å². The van der Waals surface area contributed by atoms with Crippen molar-refractivity contribution in [2.45, 2.75) is 25.4 Å². The van der Waals surface area contributed by atoms with Crippen molar-refractivity contribution in [3.63, 3.8) is 0 Å².